The minimum atomic E-state index is -0.537. The molecule has 1 aromatic rings. The minimum absolute atomic E-state index is 0.0161. The summed E-state index contributed by atoms with van der Waals surface area (Å²) in [4.78, 5) is 0. The van der Waals surface area contributed by atoms with Gasteiger partial charge in [0.1, 0.15) is 5.75 Å². The van der Waals surface area contributed by atoms with Crippen LogP contribution in [0.5, 0.6) is 5.75 Å². The van der Waals surface area contributed by atoms with Crippen molar-refractivity contribution in [2.24, 2.45) is 0 Å². The summed E-state index contributed by atoms with van der Waals surface area (Å²) in [5.41, 5.74) is 0.402. The average Bonchev–Trinajstić information content (AvgIpc) is 2.56. The maximum absolute atomic E-state index is 9.58. The first kappa shape index (κ1) is 11.4. The van der Waals surface area contributed by atoms with Crippen molar-refractivity contribution >= 4 is 0 Å². The summed E-state index contributed by atoms with van der Waals surface area (Å²) in [6.07, 6.45) is 0.944. The zero-order chi connectivity index (χ0) is 11.4. The first-order valence-electron chi connectivity index (χ1n) is 5.50. The first-order valence-corrected chi connectivity index (χ1v) is 5.50. The molecule has 1 fully saturated rings. The summed E-state index contributed by atoms with van der Waals surface area (Å²) in [6, 6.07) is 6.87. The molecule has 1 atom stereocenters. The molecule has 0 saturated carbocycles. The highest BCUT2D eigenvalue weighted by Gasteiger charge is 2.32. The molecule has 1 aliphatic heterocycles. The van der Waals surface area contributed by atoms with Crippen molar-refractivity contribution in [3.63, 3.8) is 0 Å². The molecule has 0 aliphatic carbocycles. The van der Waals surface area contributed by atoms with Crippen LogP contribution in [0.15, 0.2) is 24.3 Å². The maximum Gasteiger partial charge on any atom is 0.115 e. The van der Waals surface area contributed by atoms with Gasteiger partial charge in [-0.1, -0.05) is 12.1 Å². The topological polar surface area (TPSA) is 61.7 Å². The highest BCUT2D eigenvalue weighted by atomic mass is 16.5. The molecular weight excluding hydrogens is 206 g/mol. The molecule has 2 rings (SSSR count). The van der Waals surface area contributed by atoms with Crippen LogP contribution in [0, 0.1) is 0 Å². The molecule has 1 heterocycles. The summed E-state index contributed by atoms with van der Waals surface area (Å²) in [5, 5.41) is 22.2. The van der Waals surface area contributed by atoms with Crippen LogP contribution in [0.4, 0.5) is 0 Å². The number of hydrogen-bond donors (Lipinski definition) is 3. The first-order chi connectivity index (χ1) is 7.77. The van der Waals surface area contributed by atoms with E-state index in [2.05, 4.69) is 5.32 Å². The van der Waals surface area contributed by atoms with Gasteiger partial charge in [-0.3, -0.25) is 0 Å². The molecular formula is C12H17NO3. The lowest BCUT2D eigenvalue weighted by Crippen LogP contribution is -2.48. The van der Waals surface area contributed by atoms with Gasteiger partial charge in [-0.05, 0) is 30.7 Å². The molecule has 16 heavy (non-hydrogen) atoms. The summed E-state index contributed by atoms with van der Waals surface area (Å²) in [5.74, 6) is 0.228. The average molecular weight is 223 g/mol. The van der Waals surface area contributed by atoms with Crippen molar-refractivity contribution in [2.75, 3.05) is 26.4 Å². The second-order valence-corrected chi connectivity index (χ2v) is 4.12. The highest BCUT2D eigenvalue weighted by Crippen LogP contribution is 2.24. The van der Waals surface area contributed by atoms with Crippen molar-refractivity contribution in [1.29, 1.82) is 0 Å². The minimum Gasteiger partial charge on any atom is -0.508 e. The van der Waals surface area contributed by atoms with Crippen LogP contribution in [0.2, 0.25) is 0 Å². The number of aliphatic hydroxyl groups excluding tert-OH is 1. The Morgan fingerprint density at radius 2 is 2.06 bits per heavy atom. The van der Waals surface area contributed by atoms with Crippen molar-refractivity contribution in [1.82, 2.24) is 5.32 Å². The molecule has 0 bridgehead atoms. The van der Waals surface area contributed by atoms with Crippen LogP contribution in [-0.2, 0) is 10.3 Å². The fourth-order valence-electron chi connectivity index (χ4n) is 1.96. The quantitative estimate of drug-likeness (QED) is 0.686. The SMILES string of the molecule is OCC1(c2ccc(O)cc2)COCCCN1. The van der Waals surface area contributed by atoms with E-state index in [1.807, 2.05) is 12.1 Å². The van der Waals surface area contributed by atoms with E-state index in [-0.39, 0.29) is 12.4 Å². The zero-order valence-electron chi connectivity index (χ0n) is 9.15. The fraction of sp³-hybridized carbons (Fsp3) is 0.500. The normalized spacial score (nSPS) is 26.3. The molecule has 0 aromatic heterocycles. The number of benzene rings is 1. The molecule has 88 valence electrons. The number of ether oxygens (including phenoxy) is 1. The van der Waals surface area contributed by atoms with Gasteiger partial charge in [-0.15, -0.1) is 0 Å². The molecule has 1 aliphatic rings. The van der Waals surface area contributed by atoms with Gasteiger partial charge in [0.2, 0.25) is 0 Å². The molecule has 1 unspecified atom stereocenters. The standard InChI is InChI=1S/C12H17NO3/c14-8-12(9-16-7-1-6-13-12)10-2-4-11(15)5-3-10/h2-5,13-15H,1,6-9H2. The number of nitrogens with one attached hydrogen (secondary N) is 1. The van der Waals surface area contributed by atoms with Crippen LogP contribution in [0.1, 0.15) is 12.0 Å². The number of rotatable bonds is 2. The second kappa shape index (κ2) is 4.82. The Morgan fingerprint density at radius 1 is 1.31 bits per heavy atom. The van der Waals surface area contributed by atoms with E-state index in [9.17, 15) is 10.2 Å². The van der Waals surface area contributed by atoms with Gasteiger partial charge in [-0.2, -0.15) is 0 Å². The van der Waals surface area contributed by atoms with Gasteiger partial charge in [0.05, 0.1) is 18.8 Å². The van der Waals surface area contributed by atoms with Crippen molar-refractivity contribution < 1.29 is 14.9 Å². The van der Waals surface area contributed by atoms with Gasteiger partial charge in [-0.25, -0.2) is 0 Å². The molecule has 1 aromatic carbocycles. The van der Waals surface area contributed by atoms with Crippen LogP contribution >= 0.6 is 0 Å². The van der Waals surface area contributed by atoms with Crippen LogP contribution in [0.3, 0.4) is 0 Å². The largest absolute Gasteiger partial charge is 0.508 e. The van der Waals surface area contributed by atoms with Gasteiger partial charge >= 0.3 is 0 Å². The van der Waals surface area contributed by atoms with E-state index in [4.69, 9.17) is 4.74 Å². The number of aliphatic hydroxyl groups is 1. The Bertz CT molecular complexity index is 329. The summed E-state index contributed by atoms with van der Waals surface area (Å²) in [6.45, 7) is 1.97. The van der Waals surface area contributed by atoms with Crippen LogP contribution in [-0.4, -0.2) is 36.6 Å². The van der Waals surface area contributed by atoms with E-state index >= 15 is 0 Å². The Balaban J connectivity index is 2.28. The number of phenolic OH excluding ortho intramolecular Hbond substituents is 1. The smallest absolute Gasteiger partial charge is 0.115 e. The van der Waals surface area contributed by atoms with E-state index in [1.165, 1.54) is 0 Å². The lowest BCUT2D eigenvalue weighted by Gasteiger charge is -2.31. The Morgan fingerprint density at radius 3 is 2.75 bits per heavy atom. The Hall–Kier alpha value is -1.10. The third-order valence-electron chi connectivity index (χ3n) is 2.97. The molecule has 0 amide bonds. The van der Waals surface area contributed by atoms with Crippen molar-refractivity contribution in [2.45, 2.75) is 12.0 Å². The summed E-state index contributed by atoms with van der Waals surface area (Å²) in [7, 11) is 0. The lowest BCUT2D eigenvalue weighted by molar-refractivity contribution is 0.0551. The summed E-state index contributed by atoms with van der Waals surface area (Å²) < 4.78 is 5.50. The van der Waals surface area contributed by atoms with E-state index in [0.717, 1.165) is 18.5 Å². The number of hydrogen-bond acceptors (Lipinski definition) is 4. The summed E-state index contributed by atoms with van der Waals surface area (Å²) >= 11 is 0. The predicted molar refractivity (Wildman–Crippen MR) is 60.3 cm³/mol. The zero-order valence-corrected chi connectivity index (χ0v) is 9.15. The molecule has 4 heteroatoms. The van der Waals surface area contributed by atoms with Crippen molar-refractivity contribution in [3.8, 4) is 5.75 Å². The molecule has 1 saturated heterocycles. The number of phenols is 1. The van der Waals surface area contributed by atoms with Gasteiger partial charge < -0.3 is 20.3 Å². The fourth-order valence-corrected chi connectivity index (χ4v) is 1.96. The van der Waals surface area contributed by atoms with E-state index in [1.54, 1.807) is 12.1 Å². The second-order valence-electron chi connectivity index (χ2n) is 4.12. The Labute approximate surface area is 94.9 Å². The molecule has 4 nitrogen and oxygen atoms in total. The highest BCUT2D eigenvalue weighted by molar-refractivity contribution is 5.31. The third-order valence-corrected chi connectivity index (χ3v) is 2.97. The Kier molecular flexibility index (Phi) is 3.43. The lowest BCUT2D eigenvalue weighted by atomic mass is 9.91. The monoisotopic (exact) mass is 223 g/mol. The molecule has 0 radical (unpaired) electrons. The number of aromatic hydroxyl groups is 1. The predicted octanol–water partition coefficient (Wildman–Crippen LogP) is 0.590. The van der Waals surface area contributed by atoms with Gasteiger partial charge in [0, 0.05) is 6.61 Å². The van der Waals surface area contributed by atoms with Crippen molar-refractivity contribution in [3.05, 3.63) is 29.8 Å². The van der Waals surface area contributed by atoms with Gasteiger partial charge in [0.25, 0.3) is 0 Å². The van der Waals surface area contributed by atoms with E-state index < -0.39 is 5.54 Å². The van der Waals surface area contributed by atoms with Gasteiger partial charge in [0.15, 0.2) is 0 Å². The van der Waals surface area contributed by atoms with E-state index in [0.29, 0.717) is 13.2 Å². The third kappa shape index (κ3) is 2.19. The van der Waals surface area contributed by atoms with Crippen LogP contribution in [0.25, 0.3) is 0 Å². The molecule has 0 spiro atoms. The van der Waals surface area contributed by atoms with Crippen LogP contribution < -0.4 is 5.32 Å². The maximum atomic E-state index is 9.58. The molecule has 3 N–H and O–H groups in total.